The molecule has 5 heteroatoms. The van der Waals surface area contributed by atoms with E-state index < -0.39 is 23.7 Å². The fraction of sp³-hybridized carbons (Fsp3) is 0.846. The highest BCUT2D eigenvalue weighted by Crippen LogP contribution is 2.42. The predicted octanol–water partition coefficient (Wildman–Crippen LogP) is 2.11. The third-order valence-electron chi connectivity index (χ3n) is 3.77. The third-order valence-corrected chi connectivity index (χ3v) is 3.77. The van der Waals surface area contributed by atoms with Gasteiger partial charge in [0.2, 0.25) is 0 Å². The fourth-order valence-corrected chi connectivity index (χ4v) is 3.13. The van der Waals surface area contributed by atoms with Gasteiger partial charge in [-0.05, 0) is 45.4 Å². The van der Waals surface area contributed by atoms with Crippen LogP contribution in [0.3, 0.4) is 0 Å². The molecule has 3 atom stereocenters. The van der Waals surface area contributed by atoms with E-state index in [4.69, 9.17) is 4.74 Å². The van der Waals surface area contributed by atoms with Crippen molar-refractivity contribution in [2.24, 2.45) is 11.8 Å². The molecule has 1 aliphatic carbocycles. The number of likely N-dealkylation sites (tertiary alicyclic amines) is 1. The van der Waals surface area contributed by atoms with Crippen molar-refractivity contribution in [2.45, 2.75) is 51.7 Å². The molecule has 0 spiro atoms. The summed E-state index contributed by atoms with van der Waals surface area (Å²) >= 11 is 0. The van der Waals surface area contributed by atoms with Gasteiger partial charge in [-0.25, -0.2) is 9.59 Å². The third kappa shape index (κ3) is 2.44. The van der Waals surface area contributed by atoms with Crippen molar-refractivity contribution in [2.75, 3.05) is 6.54 Å². The molecule has 1 amide bonds. The van der Waals surface area contributed by atoms with Gasteiger partial charge in [-0.3, -0.25) is 4.90 Å². The number of carbonyl (C=O) groups excluding carboxylic acids is 1. The largest absolute Gasteiger partial charge is 0.480 e. The maximum Gasteiger partial charge on any atom is 0.411 e. The van der Waals surface area contributed by atoms with Crippen LogP contribution >= 0.6 is 0 Å². The Labute approximate surface area is 107 Å². The topological polar surface area (TPSA) is 66.8 Å². The molecular weight excluding hydrogens is 234 g/mol. The number of amides is 1. The van der Waals surface area contributed by atoms with Crippen molar-refractivity contribution in [3.63, 3.8) is 0 Å². The molecule has 0 aromatic carbocycles. The van der Waals surface area contributed by atoms with Crippen molar-refractivity contribution in [1.82, 2.24) is 4.90 Å². The van der Waals surface area contributed by atoms with E-state index in [9.17, 15) is 14.7 Å². The van der Waals surface area contributed by atoms with Crippen molar-refractivity contribution >= 4 is 12.1 Å². The Morgan fingerprint density at radius 2 is 1.94 bits per heavy atom. The Balaban J connectivity index is 2.12. The minimum Gasteiger partial charge on any atom is -0.480 e. The van der Waals surface area contributed by atoms with E-state index in [2.05, 4.69) is 0 Å². The van der Waals surface area contributed by atoms with E-state index in [1.165, 1.54) is 4.90 Å². The fourth-order valence-electron chi connectivity index (χ4n) is 3.13. The van der Waals surface area contributed by atoms with Crippen LogP contribution < -0.4 is 0 Å². The van der Waals surface area contributed by atoms with Crippen LogP contribution in [0.4, 0.5) is 4.79 Å². The van der Waals surface area contributed by atoms with Gasteiger partial charge in [0, 0.05) is 6.54 Å². The molecule has 5 nitrogen and oxygen atoms in total. The smallest absolute Gasteiger partial charge is 0.411 e. The lowest BCUT2D eigenvalue weighted by atomic mass is 9.94. The van der Waals surface area contributed by atoms with Gasteiger partial charge >= 0.3 is 12.1 Å². The summed E-state index contributed by atoms with van der Waals surface area (Å²) in [7, 11) is 0. The quantitative estimate of drug-likeness (QED) is 0.779. The summed E-state index contributed by atoms with van der Waals surface area (Å²) in [5, 5.41) is 9.33. The molecule has 0 radical (unpaired) electrons. The highest BCUT2D eigenvalue weighted by atomic mass is 16.6. The molecule has 0 unspecified atom stereocenters. The molecule has 2 rings (SSSR count). The standard InChI is InChI=1S/C13H21NO4/c1-13(2,3)18-12(17)14-7-8-5-4-6-9(8)10(14)11(15)16/h8-10H,4-7H2,1-3H3,(H,15,16)/t8-,9-,10-/m1/s1. The summed E-state index contributed by atoms with van der Waals surface area (Å²) < 4.78 is 5.29. The molecule has 0 bridgehead atoms. The number of nitrogens with zero attached hydrogens (tertiary/aromatic N) is 1. The summed E-state index contributed by atoms with van der Waals surface area (Å²) in [6.07, 6.45) is 2.50. The number of carbonyl (C=O) groups is 2. The van der Waals surface area contributed by atoms with Crippen LogP contribution in [0.1, 0.15) is 40.0 Å². The summed E-state index contributed by atoms with van der Waals surface area (Å²) in [6, 6.07) is -0.702. The molecule has 2 aliphatic rings. The van der Waals surface area contributed by atoms with E-state index in [1.807, 2.05) is 0 Å². The first-order chi connectivity index (χ1) is 8.29. The van der Waals surface area contributed by atoms with Gasteiger partial charge in [-0.2, -0.15) is 0 Å². The lowest BCUT2D eigenvalue weighted by molar-refractivity contribution is -0.143. The van der Waals surface area contributed by atoms with E-state index in [0.717, 1.165) is 19.3 Å². The zero-order valence-corrected chi connectivity index (χ0v) is 11.2. The average Bonchev–Trinajstić information content (AvgIpc) is 2.70. The molecular formula is C13H21NO4. The highest BCUT2D eigenvalue weighted by molar-refractivity contribution is 5.81. The van der Waals surface area contributed by atoms with Crippen LogP contribution in [0, 0.1) is 11.8 Å². The number of aliphatic carboxylic acids is 1. The van der Waals surface area contributed by atoms with E-state index in [-0.39, 0.29) is 5.92 Å². The van der Waals surface area contributed by atoms with Gasteiger partial charge in [-0.15, -0.1) is 0 Å². The normalized spacial score (nSPS) is 31.3. The lowest BCUT2D eigenvalue weighted by Gasteiger charge is -2.28. The first kappa shape index (κ1) is 13.2. The van der Waals surface area contributed by atoms with E-state index >= 15 is 0 Å². The molecule has 1 saturated carbocycles. The Hall–Kier alpha value is -1.26. The van der Waals surface area contributed by atoms with Gasteiger partial charge < -0.3 is 9.84 Å². The molecule has 1 N–H and O–H groups in total. The minimum atomic E-state index is -0.907. The average molecular weight is 255 g/mol. The lowest BCUT2D eigenvalue weighted by Crippen LogP contribution is -2.45. The van der Waals surface area contributed by atoms with E-state index in [1.54, 1.807) is 20.8 Å². The summed E-state index contributed by atoms with van der Waals surface area (Å²) in [5.41, 5.74) is -0.585. The molecule has 1 heterocycles. The molecule has 1 aliphatic heterocycles. The Morgan fingerprint density at radius 1 is 1.28 bits per heavy atom. The second-order valence-electron chi connectivity index (χ2n) is 6.27. The van der Waals surface area contributed by atoms with Crippen LogP contribution in [-0.4, -0.2) is 40.3 Å². The monoisotopic (exact) mass is 255 g/mol. The summed E-state index contributed by atoms with van der Waals surface area (Å²) in [6.45, 7) is 5.89. The second-order valence-corrected chi connectivity index (χ2v) is 6.27. The number of hydrogen-bond acceptors (Lipinski definition) is 3. The molecule has 1 saturated heterocycles. The summed E-state index contributed by atoms with van der Waals surface area (Å²) in [5.74, 6) is -0.469. The maximum absolute atomic E-state index is 12.0. The summed E-state index contributed by atoms with van der Waals surface area (Å²) in [4.78, 5) is 24.8. The van der Waals surface area contributed by atoms with Crippen molar-refractivity contribution < 1.29 is 19.4 Å². The van der Waals surface area contributed by atoms with E-state index in [0.29, 0.717) is 12.5 Å². The highest BCUT2D eigenvalue weighted by Gasteiger charge is 2.50. The van der Waals surface area contributed by atoms with Gasteiger partial charge in [-0.1, -0.05) is 6.42 Å². The number of carboxylic acid groups (broad SMARTS) is 1. The molecule has 2 fully saturated rings. The molecule has 0 aromatic heterocycles. The second kappa shape index (κ2) is 4.44. The first-order valence-corrected chi connectivity index (χ1v) is 6.52. The molecule has 0 aromatic rings. The number of fused-ring (bicyclic) bond motifs is 1. The van der Waals surface area contributed by atoms with Crippen LogP contribution in [0.25, 0.3) is 0 Å². The van der Waals surface area contributed by atoms with Gasteiger partial charge in [0.25, 0.3) is 0 Å². The van der Waals surface area contributed by atoms with Crippen LogP contribution in [0.2, 0.25) is 0 Å². The Morgan fingerprint density at radius 3 is 2.50 bits per heavy atom. The van der Waals surface area contributed by atoms with Crippen molar-refractivity contribution in [1.29, 1.82) is 0 Å². The van der Waals surface area contributed by atoms with Crippen molar-refractivity contribution in [3.8, 4) is 0 Å². The van der Waals surface area contributed by atoms with Gasteiger partial charge in [0.05, 0.1) is 0 Å². The first-order valence-electron chi connectivity index (χ1n) is 6.52. The van der Waals surface area contributed by atoms with Crippen LogP contribution in [0.15, 0.2) is 0 Å². The minimum absolute atomic E-state index is 0.106. The van der Waals surface area contributed by atoms with Gasteiger partial charge in [0.1, 0.15) is 11.6 Å². The predicted molar refractivity (Wildman–Crippen MR) is 65.2 cm³/mol. The zero-order valence-electron chi connectivity index (χ0n) is 11.2. The molecule has 18 heavy (non-hydrogen) atoms. The van der Waals surface area contributed by atoms with Crippen LogP contribution in [0.5, 0.6) is 0 Å². The number of ether oxygens (including phenoxy) is 1. The SMILES string of the molecule is CC(C)(C)OC(=O)N1C[C@H]2CCC[C@H]2[C@@H]1C(=O)O. The molecule has 102 valence electrons. The Bertz CT molecular complexity index is 360. The zero-order chi connectivity index (χ0) is 13.5. The number of carboxylic acids is 1. The Kier molecular flexibility index (Phi) is 3.25. The van der Waals surface area contributed by atoms with Crippen LogP contribution in [-0.2, 0) is 9.53 Å². The number of rotatable bonds is 1. The van der Waals surface area contributed by atoms with Gasteiger partial charge in [0.15, 0.2) is 0 Å². The number of hydrogen-bond donors (Lipinski definition) is 1. The maximum atomic E-state index is 12.0. The van der Waals surface area contributed by atoms with Crippen molar-refractivity contribution in [3.05, 3.63) is 0 Å².